The van der Waals surface area contributed by atoms with Gasteiger partial charge in [0, 0.05) is 16.1 Å². The van der Waals surface area contributed by atoms with Gasteiger partial charge in [-0.2, -0.15) is 0 Å². The molecule has 0 fully saturated rings. The zero-order valence-electron chi connectivity index (χ0n) is 10.8. The Kier molecular flexibility index (Phi) is 4.22. The maximum Gasteiger partial charge on any atom is 0.135 e. The highest BCUT2D eigenvalue weighted by molar-refractivity contribution is 9.10. The van der Waals surface area contributed by atoms with Gasteiger partial charge in [0.05, 0.1) is 0 Å². The molecule has 2 nitrogen and oxygen atoms in total. The van der Waals surface area contributed by atoms with E-state index in [0.29, 0.717) is 17.1 Å². The minimum Gasteiger partial charge on any atom is -0.457 e. The summed E-state index contributed by atoms with van der Waals surface area (Å²) in [4.78, 5) is 0. The number of benzene rings is 2. The van der Waals surface area contributed by atoms with Gasteiger partial charge >= 0.3 is 0 Å². The van der Waals surface area contributed by atoms with Gasteiger partial charge in [0.1, 0.15) is 17.3 Å². The Labute approximate surface area is 120 Å². The van der Waals surface area contributed by atoms with Crippen LogP contribution in [0.1, 0.15) is 24.1 Å². The second-order valence-corrected chi connectivity index (χ2v) is 5.37. The zero-order chi connectivity index (χ0) is 14.0. The summed E-state index contributed by atoms with van der Waals surface area (Å²) in [6.07, 6.45) is 0. The normalized spacial score (nSPS) is 12.3. The summed E-state index contributed by atoms with van der Waals surface area (Å²) in [5, 5.41) is 0. The van der Waals surface area contributed by atoms with E-state index >= 15 is 0 Å². The van der Waals surface area contributed by atoms with Crippen LogP contribution in [0.2, 0.25) is 0 Å². The van der Waals surface area contributed by atoms with Crippen molar-refractivity contribution in [3.63, 3.8) is 0 Å². The van der Waals surface area contributed by atoms with Gasteiger partial charge in [-0.1, -0.05) is 22.0 Å². The van der Waals surface area contributed by atoms with Crippen LogP contribution in [-0.4, -0.2) is 0 Å². The summed E-state index contributed by atoms with van der Waals surface area (Å²) in [6, 6.07) is 9.98. The number of nitrogens with two attached hydrogens (primary N) is 1. The molecule has 19 heavy (non-hydrogen) atoms. The lowest BCUT2D eigenvalue weighted by atomic mass is 10.1. The molecular formula is C15H15BrFNO. The molecule has 2 aromatic carbocycles. The molecular weight excluding hydrogens is 309 g/mol. The molecule has 2 rings (SSSR count). The van der Waals surface area contributed by atoms with Crippen LogP contribution in [0.5, 0.6) is 11.5 Å². The third-order valence-electron chi connectivity index (χ3n) is 2.83. The van der Waals surface area contributed by atoms with Gasteiger partial charge in [0.25, 0.3) is 0 Å². The van der Waals surface area contributed by atoms with Crippen molar-refractivity contribution in [2.45, 2.75) is 19.9 Å². The van der Waals surface area contributed by atoms with Gasteiger partial charge in [0.2, 0.25) is 0 Å². The van der Waals surface area contributed by atoms with Crippen molar-refractivity contribution in [1.29, 1.82) is 0 Å². The topological polar surface area (TPSA) is 35.2 Å². The van der Waals surface area contributed by atoms with E-state index in [2.05, 4.69) is 15.9 Å². The number of hydrogen-bond donors (Lipinski definition) is 1. The highest BCUT2D eigenvalue weighted by atomic mass is 79.9. The van der Waals surface area contributed by atoms with Crippen molar-refractivity contribution in [2.24, 2.45) is 5.73 Å². The average Bonchev–Trinajstić information content (AvgIpc) is 2.32. The van der Waals surface area contributed by atoms with E-state index in [1.807, 2.05) is 25.1 Å². The van der Waals surface area contributed by atoms with Crippen LogP contribution >= 0.6 is 15.9 Å². The Hall–Kier alpha value is -1.39. The zero-order valence-corrected chi connectivity index (χ0v) is 12.4. The van der Waals surface area contributed by atoms with Crippen LogP contribution in [0.15, 0.2) is 40.9 Å². The number of halogens is 2. The van der Waals surface area contributed by atoms with E-state index in [1.165, 1.54) is 6.07 Å². The van der Waals surface area contributed by atoms with Crippen LogP contribution < -0.4 is 10.5 Å². The first-order valence-corrected chi connectivity index (χ1v) is 6.76. The average molecular weight is 324 g/mol. The molecule has 0 spiro atoms. The summed E-state index contributed by atoms with van der Waals surface area (Å²) in [5.74, 6) is 0.804. The molecule has 2 aromatic rings. The SMILES string of the molecule is Cc1cc(Br)ccc1Oc1cccc(F)c1[C@@H](C)N. The number of hydrogen-bond acceptors (Lipinski definition) is 2. The minimum absolute atomic E-state index is 0.345. The number of rotatable bonds is 3. The number of aryl methyl sites for hydroxylation is 1. The van der Waals surface area contributed by atoms with E-state index in [9.17, 15) is 4.39 Å². The Morgan fingerprint density at radius 2 is 1.95 bits per heavy atom. The maximum atomic E-state index is 13.8. The van der Waals surface area contributed by atoms with Crippen molar-refractivity contribution in [1.82, 2.24) is 0 Å². The standard InChI is InChI=1S/C15H15BrFNO/c1-9-8-11(16)6-7-13(9)19-14-5-3-4-12(17)15(14)10(2)18/h3-8,10H,18H2,1-2H3/t10-/m1/s1. The maximum absolute atomic E-state index is 13.8. The summed E-state index contributed by atoms with van der Waals surface area (Å²) >= 11 is 3.40. The van der Waals surface area contributed by atoms with E-state index in [-0.39, 0.29) is 5.82 Å². The van der Waals surface area contributed by atoms with Crippen LogP contribution in [0.25, 0.3) is 0 Å². The molecule has 1 atom stereocenters. The third kappa shape index (κ3) is 3.14. The molecule has 0 aromatic heterocycles. The van der Waals surface area contributed by atoms with E-state index in [4.69, 9.17) is 10.5 Å². The summed E-state index contributed by atoms with van der Waals surface area (Å²) < 4.78 is 20.6. The van der Waals surface area contributed by atoms with Crippen LogP contribution in [-0.2, 0) is 0 Å². The summed E-state index contributed by atoms with van der Waals surface area (Å²) in [7, 11) is 0. The van der Waals surface area contributed by atoms with E-state index in [1.54, 1.807) is 19.1 Å². The summed E-state index contributed by atoms with van der Waals surface area (Å²) in [6.45, 7) is 3.67. The molecule has 100 valence electrons. The molecule has 0 saturated heterocycles. The quantitative estimate of drug-likeness (QED) is 0.887. The highest BCUT2D eigenvalue weighted by Crippen LogP contribution is 2.33. The largest absolute Gasteiger partial charge is 0.457 e. The summed E-state index contributed by atoms with van der Waals surface area (Å²) in [5.41, 5.74) is 7.16. The van der Waals surface area contributed by atoms with Gasteiger partial charge in [-0.25, -0.2) is 4.39 Å². The fourth-order valence-electron chi connectivity index (χ4n) is 1.89. The van der Waals surface area contributed by atoms with Gasteiger partial charge in [-0.05, 0) is 49.7 Å². The van der Waals surface area contributed by atoms with Crippen molar-refractivity contribution >= 4 is 15.9 Å². The molecule has 0 heterocycles. The minimum atomic E-state index is -0.424. The Balaban J connectivity index is 2.41. The first-order valence-electron chi connectivity index (χ1n) is 5.97. The smallest absolute Gasteiger partial charge is 0.135 e. The van der Waals surface area contributed by atoms with Crippen molar-refractivity contribution in [2.75, 3.05) is 0 Å². The lowest BCUT2D eigenvalue weighted by molar-refractivity contribution is 0.457. The third-order valence-corrected chi connectivity index (χ3v) is 3.32. The molecule has 0 aliphatic carbocycles. The fraction of sp³-hybridized carbons (Fsp3) is 0.200. The molecule has 0 aliphatic rings. The lowest BCUT2D eigenvalue weighted by Gasteiger charge is -2.15. The van der Waals surface area contributed by atoms with Gasteiger partial charge in [0.15, 0.2) is 0 Å². The predicted molar refractivity (Wildman–Crippen MR) is 78.0 cm³/mol. The van der Waals surface area contributed by atoms with Crippen molar-refractivity contribution in [3.05, 3.63) is 57.8 Å². The van der Waals surface area contributed by atoms with E-state index in [0.717, 1.165) is 10.0 Å². The predicted octanol–water partition coefficient (Wildman–Crippen LogP) is 4.71. The van der Waals surface area contributed by atoms with Crippen LogP contribution in [0.4, 0.5) is 4.39 Å². The first-order chi connectivity index (χ1) is 8.99. The molecule has 0 radical (unpaired) electrons. The number of ether oxygens (including phenoxy) is 1. The Morgan fingerprint density at radius 1 is 1.21 bits per heavy atom. The second-order valence-electron chi connectivity index (χ2n) is 4.45. The van der Waals surface area contributed by atoms with Crippen LogP contribution in [0.3, 0.4) is 0 Å². The molecule has 4 heteroatoms. The van der Waals surface area contributed by atoms with Crippen LogP contribution in [0, 0.1) is 12.7 Å². The fourth-order valence-corrected chi connectivity index (χ4v) is 2.37. The monoisotopic (exact) mass is 323 g/mol. The Morgan fingerprint density at radius 3 is 2.58 bits per heavy atom. The van der Waals surface area contributed by atoms with E-state index < -0.39 is 6.04 Å². The molecule has 2 N–H and O–H groups in total. The molecule has 0 bridgehead atoms. The Bertz CT molecular complexity index is 599. The van der Waals surface area contributed by atoms with Gasteiger partial charge in [-0.3, -0.25) is 0 Å². The highest BCUT2D eigenvalue weighted by Gasteiger charge is 2.14. The van der Waals surface area contributed by atoms with Crippen molar-refractivity contribution in [3.8, 4) is 11.5 Å². The van der Waals surface area contributed by atoms with Gasteiger partial charge < -0.3 is 10.5 Å². The second kappa shape index (κ2) is 5.72. The van der Waals surface area contributed by atoms with Crippen molar-refractivity contribution < 1.29 is 9.13 Å². The van der Waals surface area contributed by atoms with Gasteiger partial charge in [-0.15, -0.1) is 0 Å². The molecule has 0 unspecified atom stereocenters. The first kappa shape index (κ1) is 14.0. The molecule has 0 saturated carbocycles. The lowest BCUT2D eigenvalue weighted by Crippen LogP contribution is -2.09. The molecule has 0 amide bonds. The molecule has 0 aliphatic heterocycles.